The summed E-state index contributed by atoms with van der Waals surface area (Å²) in [6.45, 7) is 11.0. The third-order valence-corrected chi connectivity index (χ3v) is 5.56. The molecule has 0 amide bonds. The van der Waals surface area contributed by atoms with Crippen molar-refractivity contribution in [1.82, 2.24) is 0 Å². The molecule has 0 aliphatic heterocycles. The molecule has 3 rings (SSSR count). The first kappa shape index (κ1) is 30.2. The molecule has 0 aromatic heterocycles. The van der Waals surface area contributed by atoms with E-state index in [4.69, 9.17) is 18.9 Å². The van der Waals surface area contributed by atoms with Gasteiger partial charge in [0.05, 0.1) is 0 Å². The van der Waals surface area contributed by atoms with Crippen LogP contribution in [0, 0.1) is 13.8 Å². The number of rotatable bonds is 10. The van der Waals surface area contributed by atoms with E-state index in [2.05, 4.69) is 34.8 Å². The maximum Gasteiger partial charge on any atom is 0.516 e. The Kier molecular flexibility index (Phi) is 10.4. The second-order valence-corrected chi connectivity index (χ2v) is 8.64. The van der Waals surface area contributed by atoms with Gasteiger partial charge < -0.3 is 28.4 Å². The van der Waals surface area contributed by atoms with Crippen molar-refractivity contribution in [2.45, 2.75) is 20.8 Å². The summed E-state index contributed by atoms with van der Waals surface area (Å²) in [6.07, 6.45) is -1.07. The van der Waals surface area contributed by atoms with Gasteiger partial charge in [-0.3, -0.25) is 0 Å². The molecule has 0 aliphatic rings. The van der Waals surface area contributed by atoms with Gasteiger partial charge in [-0.25, -0.2) is 19.2 Å². The average molecular weight is 561 g/mol. The fraction of sp³-hybridized carbons (Fsp3) is 0.161. The van der Waals surface area contributed by atoms with E-state index in [1.807, 2.05) is 38.1 Å². The molecule has 3 aromatic carbocycles. The average Bonchev–Trinajstić information content (AvgIpc) is 2.94. The van der Waals surface area contributed by atoms with Crippen LogP contribution in [0.5, 0.6) is 11.5 Å². The van der Waals surface area contributed by atoms with Crippen molar-refractivity contribution in [3.05, 3.63) is 96.6 Å². The lowest BCUT2D eigenvalue weighted by Crippen LogP contribution is -2.15. The predicted octanol–water partition coefficient (Wildman–Crippen LogP) is 6.43. The smallest absolute Gasteiger partial charge is 0.425 e. The van der Waals surface area contributed by atoms with Crippen LogP contribution in [0.2, 0.25) is 0 Å². The van der Waals surface area contributed by atoms with Crippen LogP contribution in [-0.4, -0.2) is 37.8 Å². The first-order valence-electron chi connectivity index (χ1n) is 12.2. The zero-order chi connectivity index (χ0) is 29.9. The second kappa shape index (κ2) is 14.1. The molecule has 0 aliphatic carbocycles. The van der Waals surface area contributed by atoms with E-state index in [1.54, 1.807) is 24.3 Å². The largest absolute Gasteiger partial charge is 0.516 e. The fourth-order valence-electron chi connectivity index (χ4n) is 3.54. The number of carbonyl (C=O) groups is 4. The van der Waals surface area contributed by atoms with Crippen LogP contribution in [0.25, 0.3) is 22.3 Å². The molecule has 0 spiro atoms. The Balaban J connectivity index is 1.61. The molecule has 0 radical (unpaired) electrons. The molecule has 0 N–H and O–H groups in total. The van der Waals surface area contributed by atoms with E-state index in [9.17, 15) is 19.2 Å². The van der Waals surface area contributed by atoms with Crippen molar-refractivity contribution in [2.24, 2.45) is 0 Å². The highest BCUT2D eigenvalue weighted by molar-refractivity contribution is 5.87. The van der Waals surface area contributed by atoms with Gasteiger partial charge in [-0.1, -0.05) is 49.6 Å². The minimum Gasteiger partial charge on any atom is -0.425 e. The third kappa shape index (κ3) is 8.82. The Hall–Kier alpha value is -5.38. The standard InChI is InChI=1S/C31H28O10/c1-6-28(32)36-17-38-30(34)40-24-11-7-22(8-12-24)26-15-21(5)27(16-20(26)4)23-9-13-25(14-10-23)41-31(35)39-18-37-29(33)19(2)3/h6-16H,1-2,17-18H2,3-5H3. The number of aryl methyl sites for hydroxylation is 2. The lowest BCUT2D eigenvalue weighted by molar-refractivity contribution is -0.148. The molecule has 0 atom stereocenters. The molecular formula is C31H28O10. The van der Waals surface area contributed by atoms with Gasteiger partial charge in [0.1, 0.15) is 11.5 Å². The highest BCUT2D eigenvalue weighted by Crippen LogP contribution is 2.33. The van der Waals surface area contributed by atoms with Gasteiger partial charge in [0.25, 0.3) is 0 Å². The van der Waals surface area contributed by atoms with Crippen LogP contribution in [-0.2, 0) is 28.5 Å². The van der Waals surface area contributed by atoms with Crippen molar-refractivity contribution in [3.8, 4) is 33.8 Å². The molecule has 10 nitrogen and oxygen atoms in total. The number of ether oxygens (including phenoxy) is 6. The predicted molar refractivity (Wildman–Crippen MR) is 148 cm³/mol. The normalized spacial score (nSPS) is 10.1. The first-order chi connectivity index (χ1) is 19.6. The zero-order valence-electron chi connectivity index (χ0n) is 22.8. The molecule has 0 heterocycles. The SMILES string of the molecule is C=CC(=O)OCOC(=O)Oc1ccc(-c2cc(C)c(-c3ccc(OC(=O)OCOC(=O)C(=C)C)cc3)cc2C)cc1. The van der Waals surface area contributed by atoms with Gasteiger partial charge in [0.2, 0.25) is 13.6 Å². The van der Waals surface area contributed by atoms with E-state index in [0.29, 0.717) is 0 Å². The van der Waals surface area contributed by atoms with E-state index >= 15 is 0 Å². The van der Waals surface area contributed by atoms with E-state index in [-0.39, 0.29) is 17.1 Å². The summed E-state index contributed by atoms with van der Waals surface area (Å²) in [5, 5.41) is 0. The third-order valence-electron chi connectivity index (χ3n) is 5.56. The van der Waals surface area contributed by atoms with E-state index < -0.39 is 37.8 Å². The summed E-state index contributed by atoms with van der Waals surface area (Å²) in [5.74, 6) is -0.864. The second-order valence-electron chi connectivity index (χ2n) is 8.64. The molecule has 0 fully saturated rings. The van der Waals surface area contributed by atoms with E-state index in [1.165, 1.54) is 6.92 Å². The molecule has 3 aromatic rings. The first-order valence-corrected chi connectivity index (χ1v) is 12.2. The number of hydrogen-bond donors (Lipinski definition) is 0. The summed E-state index contributed by atoms with van der Waals surface area (Å²) in [5.41, 5.74) is 6.01. The molecule has 41 heavy (non-hydrogen) atoms. The van der Waals surface area contributed by atoms with Crippen LogP contribution in [0.4, 0.5) is 9.59 Å². The lowest BCUT2D eigenvalue weighted by Gasteiger charge is -2.14. The molecule has 0 saturated carbocycles. The van der Waals surface area contributed by atoms with Crippen molar-refractivity contribution < 1.29 is 47.6 Å². The number of hydrogen-bond acceptors (Lipinski definition) is 10. The number of benzene rings is 3. The molecule has 0 bridgehead atoms. The van der Waals surface area contributed by atoms with Crippen molar-refractivity contribution in [1.29, 1.82) is 0 Å². The number of carbonyl (C=O) groups excluding carboxylic acids is 4. The molecule has 10 heteroatoms. The van der Waals surface area contributed by atoms with Crippen molar-refractivity contribution in [2.75, 3.05) is 13.6 Å². The quantitative estimate of drug-likeness (QED) is 0.119. The fourth-order valence-corrected chi connectivity index (χ4v) is 3.54. The Morgan fingerprint density at radius 1 is 0.683 bits per heavy atom. The van der Waals surface area contributed by atoms with Gasteiger partial charge in [0.15, 0.2) is 0 Å². The summed E-state index contributed by atoms with van der Waals surface area (Å²) >= 11 is 0. The minimum absolute atomic E-state index is 0.186. The minimum atomic E-state index is -1.01. The van der Waals surface area contributed by atoms with Crippen LogP contribution < -0.4 is 9.47 Å². The number of esters is 2. The topological polar surface area (TPSA) is 124 Å². The molecule has 212 valence electrons. The van der Waals surface area contributed by atoms with Gasteiger partial charge in [0, 0.05) is 11.6 Å². The van der Waals surface area contributed by atoms with E-state index in [0.717, 1.165) is 39.5 Å². The monoisotopic (exact) mass is 560 g/mol. The summed E-state index contributed by atoms with van der Waals surface area (Å²) in [7, 11) is 0. The van der Waals surface area contributed by atoms with Crippen LogP contribution in [0.1, 0.15) is 18.1 Å². The summed E-state index contributed by atoms with van der Waals surface area (Å²) in [6, 6.07) is 17.9. The van der Waals surface area contributed by atoms with Crippen LogP contribution >= 0.6 is 0 Å². The van der Waals surface area contributed by atoms with Gasteiger partial charge in [-0.05, 0) is 78.4 Å². The Bertz CT molecular complexity index is 1450. The van der Waals surface area contributed by atoms with Gasteiger partial charge in [-0.2, -0.15) is 0 Å². The van der Waals surface area contributed by atoms with Crippen molar-refractivity contribution >= 4 is 24.2 Å². The summed E-state index contributed by atoms with van der Waals surface area (Å²) in [4.78, 5) is 45.9. The summed E-state index contributed by atoms with van der Waals surface area (Å²) < 4.78 is 28.9. The maximum absolute atomic E-state index is 11.8. The Morgan fingerprint density at radius 2 is 1.10 bits per heavy atom. The van der Waals surface area contributed by atoms with Gasteiger partial charge >= 0.3 is 24.2 Å². The van der Waals surface area contributed by atoms with Crippen LogP contribution in [0.3, 0.4) is 0 Å². The molecule has 0 unspecified atom stereocenters. The maximum atomic E-state index is 11.8. The lowest BCUT2D eigenvalue weighted by atomic mass is 9.92. The Labute approximate surface area is 236 Å². The molecule has 0 saturated heterocycles. The zero-order valence-corrected chi connectivity index (χ0v) is 22.8. The van der Waals surface area contributed by atoms with Crippen molar-refractivity contribution in [3.63, 3.8) is 0 Å². The van der Waals surface area contributed by atoms with Crippen LogP contribution in [0.15, 0.2) is 85.5 Å². The Morgan fingerprint density at radius 3 is 1.49 bits per heavy atom. The highest BCUT2D eigenvalue weighted by Gasteiger charge is 2.13. The highest BCUT2D eigenvalue weighted by atomic mass is 16.8. The van der Waals surface area contributed by atoms with Gasteiger partial charge in [-0.15, -0.1) is 0 Å². The molecular weight excluding hydrogens is 532 g/mol.